The highest BCUT2D eigenvalue weighted by molar-refractivity contribution is 9.10. The topological polar surface area (TPSA) is 96.0 Å². The Morgan fingerprint density at radius 1 is 0.872 bits per heavy atom. The van der Waals surface area contributed by atoms with Crippen LogP contribution < -0.4 is 14.4 Å². The minimum atomic E-state index is -4.26. The van der Waals surface area contributed by atoms with Gasteiger partial charge in [0.15, 0.2) is 0 Å². The molecule has 8 nitrogen and oxygen atoms in total. The number of methoxy groups -OCH3 is 1. The third-order valence-electron chi connectivity index (χ3n) is 7.32. The molecule has 0 radical (unpaired) electrons. The van der Waals surface area contributed by atoms with Gasteiger partial charge < -0.3 is 15.0 Å². The Hall–Kier alpha value is -3.67. The molecule has 0 aromatic heterocycles. The van der Waals surface area contributed by atoms with E-state index in [4.69, 9.17) is 4.74 Å². The summed E-state index contributed by atoms with van der Waals surface area (Å²) < 4.78 is 36.3. The van der Waals surface area contributed by atoms with Crippen molar-refractivity contribution >= 4 is 59.4 Å². The fourth-order valence-corrected chi connectivity index (χ4v) is 7.59. The number of aryl methyl sites for hydroxylation is 1. The monoisotopic (exact) mass is 783 g/mol. The Bertz CT molecular complexity index is 1810. The van der Waals surface area contributed by atoms with Crippen molar-refractivity contribution in [2.24, 2.45) is 0 Å². The highest BCUT2D eigenvalue weighted by atomic mass is 79.9. The zero-order valence-electron chi connectivity index (χ0n) is 27.0. The largest absolute Gasteiger partial charge is 0.496 e. The molecule has 11 heteroatoms. The molecule has 0 bridgehead atoms. The van der Waals surface area contributed by atoms with Gasteiger partial charge in [0.05, 0.1) is 22.2 Å². The number of hydrogen-bond acceptors (Lipinski definition) is 5. The van der Waals surface area contributed by atoms with Gasteiger partial charge in [0, 0.05) is 23.0 Å². The summed E-state index contributed by atoms with van der Waals surface area (Å²) in [5.41, 5.74) is 2.31. The van der Waals surface area contributed by atoms with Crippen LogP contribution in [-0.2, 0) is 32.6 Å². The number of anilines is 1. The number of benzene rings is 4. The van der Waals surface area contributed by atoms with Crippen LogP contribution in [0.4, 0.5) is 5.69 Å². The lowest BCUT2D eigenvalue weighted by molar-refractivity contribution is -0.140. The standard InChI is InChI=1S/C36H39Br2N3O5S/c1-25-14-16-29(17-15-25)41(47(44,45)30-18-19-33(46-5)31(38)22-30)24-34(42)40(23-27-12-9-13-28(37)20-27)32(35(43)39-36(2,3)4)21-26-10-7-6-8-11-26/h6-20,22,32H,21,23-24H2,1-5H3,(H,39,43)/t32-/m1/s1. The quantitative estimate of drug-likeness (QED) is 0.163. The van der Waals surface area contributed by atoms with Crippen LogP contribution in [0.3, 0.4) is 0 Å². The number of amides is 2. The van der Waals surface area contributed by atoms with E-state index in [9.17, 15) is 18.0 Å². The Morgan fingerprint density at radius 2 is 1.53 bits per heavy atom. The second-order valence-electron chi connectivity index (χ2n) is 12.2. The summed E-state index contributed by atoms with van der Waals surface area (Å²) in [6, 6.07) is 27.4. The van der Waals surface area contributed by atoms with Crippen molar-refractivity contribution in [2.45, 2.75) is 57.1 Å². The Morgan fingerprint density at radius 3 is 2.13 bits per heavy atom. The van der Waals surface area contributed by atoms with Gasteiger partial charge >= 0.3 is 0 Å². The number of nitrogens with one attached hydrogen (secondary N) is 1. The molecule has 1 N–H and O–H groups in total. The van der Waals surface area contributed by atoms with E-state index in [0.29, 0.717) is 15.9 Å². The van der Waals surface area contributed by atoms with E-state index in [2.05, 4.69) is 37.2 Å². The van der Waals surface area contributed by atoms with Crippen molar-refractivity contribution < 1.29 is 22.7 Å². The fraction of sp³-hybridized carbons (Fsp3) is 0.278. The van der Waals surface area contributed by atoms with E-state index in [-0.39, 0.29) is 23.8 Å². The minimum Gasteiger partial charge on any atom is -0.496 e. The second kappa shape index (κ2) is 15.5. The lowest BCUT2D eigenvalue weighted by Crippen LogP contribution is -2.56. The van der Waals surface area contributed by atoms with E-state index in [1.807, 2.05) is 82.3 Å². The van der Waals surface area contributed by atoms with Gasteiger partial charge in [-0.3, -0.25) is 13.9 Å². The minimum absolute atomic E-state index is 0.0246. The number of hydrogen-bond donors (Lipinski definition) is 1. The first-order valence-corrected chi connectivity index (χ1v) is 18.0. The zero-order chi connectivity index (χ0) is 34.4. The number of carbonyl (C=O) groups is 2. The molecule has 4 rings (SSSR count). The molecule has 4 aromatic rings. The van der Waals surface area contributed by atoms with E-state index in [1.54, 1.807) is 30.3 Å². The van der Waals surface area contributed by atoms with Crippen molar-refractivity contribution in [3.05, 3.63) is 123 Å². The van der Waals surface area contributed by atoms with E-state index >= 15 is 0 Å². The Kier molecular flexibility index (Phi) is 11.9. The molecule has 2 amide bonds. The number of ether oxygens (including phenoxy) is 1. The average Bonchev–Trinajstić information content (AvgIpc) is 3.01. The number of nitrogens with zero attached hydrogens (tertiary/aromatic N) is 2. The normalized spacial score (nSPS) is 12.2. The second-order valence-corrected chi connectivity index (χ2v) is 15.9. The van der Waals surface area contributed by atoms with Gasteiger partial charge in [0.1, 0.15) is 18.3 Å². The Balaban J connectivity index is 1.83. The number of sulfonamides is 1. The number of rotatable bonds is 12. The van der Waals surface area contributed by atoms with Crippen molar-refractivity contribution in [1.82, 2.24) is 10.2 Å². The average molecular weight is 786 g/mol. The van der Waals surface area contributed by atoms with Gasteiger partial charge in [-0.1, -0.05) is 76.1 Å². The van der Waals surface area contributed by atoms with Gasteiger partial charge in [-0.05, 0) is 97.2 Å². The van der Waals surface area contributed by atoms with Crippen LogP contribution in [0.15, 0.2) is 111 Å². The van der Waals surface area contributed by atoms with E-state index in [1.165, 1.54) is 24.1 Å². The summed E-state index contributed by atoms with van der Waals surface area (Å²) in [7, 11) is -2.77. The van der Waals surface area contributed by atoms with Crippen LogP contribution >= 0.6 is 31.9 Å². The predicted molar refractivity (Wildman–Crippen MR) is 193 cm³/mol. The summed E-state index contributed by atoms with van der Waals surface area (Å²) >= 11 is 6.90. The van der Waals surface area contributed by atoms with Crippen molar-refractivity contribution in [2.75, 3.05) is 18.0 Å². The molecule has 0 saturated carbocycles. The highest BCUT2D eigenvalue weighted by Gasteiger charge is 2.35. The van der Waals surface area contributed by atoms with E-state index in [0.717, 1.165) is 25.5 Å². The SMILES string of the molecule is COc1ccc(S(=O)(=O)N(CC(=O)N(Cc2cccc(Br)c2)[C@H](Cc2ccccc2)C(=O)NC(C)(C)C)c2ccc(C)cc2)cc1Br. The highest BCUT2D eigenvalue weighted by Crippen LogP contribution is 2.31. The molecule has 0 spiro atoms. The van der Waals surface area contributed by atoms with Gasteiger partial charge in [-0.15, -0.1) is 0 Å². The van der Waals surface area contributed by atoms with Gasteiger partial charge in [-0.2, -0.15) is 0 Å². The number of carbonyl (C=O) groups excluding carboxylic acids is 2. The van der Waals surface area contributed by atoms with Crippen molar-refractivity contribution in [1.29, 1.82) is 0 Å². The van der Waals surface area contributed by atoms with Crippen LogP contribution in [0.25, 0.3) is 0 Å². The first-order chi connectivity index (χ1) is 22.2. The molecule has 47 heavy (non-hydrogen) atoms. The smallest absolute Gasteiger partial charge is 0.264 e. The third kappa shape index (κ3) is 9.68. The maximum absolute atomic E-state index is 14.6. The molecule has 4 aromatic carbocycles. The van der Waals surface area contributed by atoms with Gasteiger partial charge in [-0.25, -0.2) is 8.42 Å². The molecular formula is C36H39Br2N3O5S. The summed E-state index contributed by atoms with van der Waals surface area (Å²) in [4.78, 5) is 30.1. The molecule has 0 aliphatic rings. The van der Waals surface area contributed by atoms with Crippen LogP contribution in [0.1, 0.15) is 37.5 Å². The molecule has 0 aliphatic carbocycles. The zero-order valence-corrected chi connectivity index (χ0v) is 31.0. The molecular weight excluding hydrogens is 746 g/mol. The third-order valence-corrected chi connectivity index (χ3v) is 10.2. The summed E-state index contributed by atoms with van der Waals surface area (Å²) in [6.45, 7) is 7.06. The predicted octanol–water partition coefficient (Wildman–Crippen LogP) is 7.28. The van der Waals surface area contributed by atoms with Crippen molar-refractivity contribution in [3.8, 4) is 5.75 Å². The summed E-state index contributed by atoms with van der Waals surface area (Å²) in [6.07, 6.45) is 0.227. The summed E-state index contributed by atoms with van der Waals surface area (Å²) in [5.74, 6) is -0.407. The fourth-order valence-electron chi connectivity index (χ4n) is 5.01. The molecule has 0 heterocycles. The lowest BCUT2D eigenvalue weighted by atomic mass is 10.0. The van der Waals surface area contributed by atoms with Gasteiger partial charge in [0.25, 0.3) is 10.0 Å². The van der Waals surface area contributed by atoms with Crippen LogP contribution in [0.5, 0.6) is 5.75 Å². The van der Waals surface area contributed by atoms with Crippen LogP contribution in [0.2, 0.25) is 0 Å². The lowest BCUT2D eigenvalue weighted by Gasteiger charge is -2.35. The summed E-state index contributed by atoms with van der Waals surface area (Å²) in [5, 5.41) is 3.05. The Labute approximate surface area is 294 Å². The van der Waals surface area contributed by atoms with Crippen LogP contribution in [-0.4, -0.2) is 50.4 Å². The first kappa shape index (κ1) is 36.2. The molecule has 0 saturated heterocycles. The number of halogens is 2. The molecule has 1 atom stereocenters. The maximum atomic E-state index is 14.6. The maximum Gasteiger partial charge on any atom is 0.264 e. The van der Waals surface area contributed by atoms with Crippen LogP contribution in [0, 0.1) is 6.92 Å². The van der Waals surface area contributed by atoms with Gasteiger partial charge in [0.2, 0.25) is 11.8 Å². The molecule has 0 unspecified atom stereocenters. The first-order valence-electron chi connectivity index (χ1n) is 15.0. The molecule has 0 aliphatic heterocycles. The molecule has 248 valence electrons. The van der Waals surface area contributed by atoms with E-state index < -0.39 is 34.1 Å². The molecule has 0 fully saturated rings. The van der Waals surface area contributed by atoms with Crippen molar-refractivity contribution in [3.63, 3.8) is 0 Å².